The van der Waals surface area contributed by atoms with E-state index in [0.29, 0.717) is 46.3 Å². The molecule has 45 heavy (non-hydrogen) atoms. The highest BCUT2D eigenvalue weighted by Crippen LogP contribution is 2.41. The molecule has 1 amide bonds. The van der Waals surface area contributed by atoms with E-state index in [1.807, 2.05) is 73.6 Å². The van der Waals surface area contributed by atoms with Crippen molar-refractivity contribution in [3.05, 3.63) is 118 Å². The van der Waals surface area contributed by atoms with Crippen LogP contribution in [0.15, 0.2) is 105 Å². The van der Waals surface area contributed by atoms with Gasteiger partial charge in [-0.1, -0.05) is 24.3 Å². The number of hydrogen-bond acceptors (Lipinski definition) is 7. The van der Waals surface area contributed by atoms with Crippen LogP contribution < -0.4 is 15.6 Å². The minimum absolute atomic E-state index is 0.0159. The monoisotopic (exact) mass is 613 g/mol. The van der Waals surface area contributed by atoms with E-state index in [1.54, 1.807) is 24.3 Å². The predicted octanol–water partition coefficient (Wildman–Crippen LogP) is 7.24. The minimum atomic E-state index is -1.16. The van der Waals surface area contributed by atoms with E-state index in [4.69, 9.17) is 4.42 Å². The van der Waals surface area contributed by atoms with Gasteiger partial charge in [-0.3, -0.25) is 9.59 Å². The number of isothiocyanates is 1. The van der Waals surface area contributed by atoms with Crippen molar-refractivity contribution in [2.45, 2.75) is 6.42 Å². The first-order valence-electron chi connectivity index (χ1n) is 14.2. The molecule has 0 radical (unpaired) electrons. The molecule has 2 N–H and O–H groups in total. The number of benzene rings is 5. The number of carboxylic acid groups (broad SMARTS) is 1. The van der Waals surface area contributed by atoms with Crippen molar-refractivity contribution in [2.24, 2.45) is 4.99 Å². The van der Waals surface area contributed by atoms with E-state index in [1.165, 1.54) is 12.1 Å². The summed E-state index contributed by atoms with van der Waals surface area (Å²) >= 11 is 4.63. The molecule has 0 aliphatic carbocycles. The van der Waals surface area contributed by atoms with Crippen LogP contribution in [-0.4, -0.2) is 42.8 Å². The number of aliphatic imine (C=N–C) groups is 1. The molecule has 0 bridgehead atoms. The fraction of sp³-hybridized carbons (Fsp3) is 0.111. The summed E-state index contributed by atoms with van der Waals surface area (Å²) in [6.45, 7) is 0.362. The number of fused-ring (bicyclic) bond motifs is 4. The lowest BCUT2D eigenvalue weighted by molar-refractivity contribution is 0.0697. The van der Waals surface area contributed by atoms with Gasteiger partial charge in [-0.15, -0.1) is 0 Å². The van der Waals surface area contributed by atoms with E-state index < -0.39 is 5.97 Å². The number of rotatable bonds is 8. The lowest BCUT2D eigenvalue weighted by Gasteiger charge is -2.18. The second-order valence-corrected chi connectivity index (χ2v) is 11.0. The number of carbonyl (C=O) groups is 2. The van der Waals surface area contributed by atoms with Crippen LogP contribution in [-0.2, 0) is 6.42 Å². The summed E-state index contributed by atoms with van der Waals surface area (Å²) in [5.41, 5.74) is 4.92. The first-order valence-corrected chi connectivity index (χ1v) is 14.6. The second kappa shape index (κ2) is 12.2. The third-order valence-electron chi connectivity index (χ3n) is 7.77. The number of aromatic carboxylic acids is 1. The minimum Gasteiger partial charge on any atom is -0.478 e. The average molecular weight is 614 g/mol. The van der Waals surface area contributed by atoms with Crippen LogP contribution in [0, 0.1) is 0 Å². The zero-order chi connectivity index (χ0) is 31.7. The smallest absolute Gasteiger partial charge is 0.336 e. The highest BCUT2D eigenvalue weighted by Gasteiger charge is 2.21. The maximum atomic E-state index is 13.1. The van der Waals surface area contributed by atoms with Crippen molar-refractivity contribution < 1.29 is 19.1 Å². The molecule has 222 valence electrons. The van der Waals surface area contributed by atoms with Gasteiger partial charge in [0, 0.05) is 59.7 Å². The molecule has 0 atom stereocenters. The van der Waals surface area contributed by atoms with E-state index in [2.05, 4.69) is 27.7 Å². The third kappa shape index (κ3) is 5.82. The van der Waals surface area contributed by atoms with Gasteiger partial charge < -0.3 is 19.7 Å². The molecular weight excluding hydrogens is 586 g/mol. The lowest BCUT2D eigenvalue weighted by atomic mass is 9.91. The standard InChI is InChI=1S/C36H27N3O5S/c1-39(2)25-9-13-29-32(19-25)44-34-27-14-10-26(40)17-22(27)5-12-30(34)33(29)28-11-6-23(18-31(28)36(42)43)35(41)37-16-15-21-3-7-24(8-4-21)38-20-45/h3-14,17-19H,15-16H2,1-2H3,(H,37,41)(H,42,43). The average Bonchev–Trinajstić information content (AvgIpc) is 3.03. The number of nitrogens with zero attached hydrogens (tertiary/aromatic N) is 2. The Hall–Kier alpha value is -5.63. The largest absolute Gasteiger partial charge is 0.478 e. The van der Waals surface area contributed by atoms with Gasteiger partial charge in [0.15, 0.2) is 5.43 Å². The molecular formula is C36H27N3O5S. The number of amides is 1. The Bertz CT molecular complexity index is 2250. The number of nitrogens with one attached hydrogen (secondary N) is 1. The maximum Gasteiger partial charge on any atom is 0.336 e. The van der Waals surface area contributed by atoms with Crippen LogP contribution in [0.1, 0.15) is 26.3 Å². The highest BCUT2D eigenvalue weighted by molar-refractivity contribution is 7.78. The van der Waals surface area contributed by atoms with Crippen LogP contribution in [0.2, 0.25) is 0 Å². The summed E-state index contributed by atoms with van der Waals surface area (Å²) < 4.78 is 6.46. The van der Waals surface area contributed by atoms with Gasteiger partial charge in [0.05, 0.1) is 16.4 Å². The predicted molar refractivity (Wildman–Crippen MR) is 181 cm³/mol. The van der Waals surface area contributed by atoms with E-state index >= 15 is 0 Å². The molecule has 6 rings (SSSR count). The van der Waals surface area contributed by atoms with Crippen molar-refractivity contribution in [3.63, 3.8) is 0 Å². The van der Waals surface area contributed by atoms with Gasteiger partial charge in [0.1, 0.15) is 11.2 Å². The van der Waals surface area contributed by atoms with Gasteiger partial charge in [0.25, 0.3) is 5.91 Å². The lowest BCUT2D eigenvalue weighted by Crippen LogP contribution is -2.26. The highest BCUT2D eigenvalue weighted by atomic mass is 32.1. The van der Waals surface area contributed by atoms with Crippen molar-refractivity contribution in [3.8, 4) is 11.1 Å². The molecule has 0 fully saturated rings. The van der Waals surface area contributed by atoms with Crippen molar-refractivity contribution in [1.82, 2.24) is 5.32 Å². The van der Waals surface area contributed by atoms with Crippen LogP contribution >= 0.6 is 12.2 Å². The van der Waals surface area contributed by atoms with Crippen LogP contribution in [0.25, 0.3) is 43.8 Å². The van der Waals surface area contributed by atoms with Gasteiger partial charge in [0.2, 0.25) is 0 Å². The Morgan fingerprint density at radius 1 is 0.911 bits per heavy atom. The molecule has 0 aliphatic heterocycles. The summed E-state index contributed by atoms with van der Waals surface area (Å²) in [7, 11) is 3.85. The summed E-state index contributed by atoms with van der Waals surface area (Å²) in [6.07, 6.45) is 0.583. The van der Waals surface area contributed by atoms with Crippen LogP contribution in [0.4, 0.5) is 11.4 Å². The SMILES string of the molecule is CN(C)c1ccc2c(-c3ccc(C(=O)NCCc4ccc(N=C=S)cc4)cc3C(=O)O)c3ccc4cc(=O)ccc4c3oc2c1. The number of hydrogen-bond donors (Lipinski definition) is 2. The Balaban J connectivity index is 1.42. The van der Waals surface area contributed by atoms with Gasteiger partial charge >= 0.3 is 5.97 Å². The topological polar surface area (TPSA) is 112 Å². The number of carbonyl (C=O) groups excluding carboxylic acids is 1. The molecule has 0 saturated carbocycles. The summed E-state index contributed by atoms with van der Waals surface area (Å²) in [4.78, 5) is 43.8. The molecule has 0 spiro atoms. The fourth-order valence-corrected chi connectivity index (χ4v) is 5.61. The molecule has 0 saturated heterocycles. The molecule has 1 heterocycles. The molecule has 6 aromatic rings. The Kier molecular flexibility index (Phi) is 7.96. The van der Waals surface area contributed by atoms with Gasteiger partial charge in [-0.05, 0) is 95.8 Å². The molecule has 0 aliphatic rings. The van der Waals surface area contributed by atoms with E-state index in [9.17, 15) is 19.5 Å². The number of thiocarbonyl (C=S) groups is 1. The number of carboxylic acids is 1. The molecule has 1 aromatic heterocycles. The van der Waals surface area contributed by atoms with Crippen LogP contribution in [0.3, 0.4) is 0 Å². The summed E-state index contributed by atoms with van der Waals surface area (Å²) in [5.74, 6) is -1.54. The third-order valence-corrected chi connectivity index (χ3v) is 7.86. The van der Waals surface area contributed by atoms with E-state index in [0.717, 1.165) is 27.4 Å². The molecule has 9 heteroatoms. The first-order chi connectivity index (χ1) is 21.7. The maximum absolute atomic E-state index is 13.1. The first kappa shape index (κ1) is 29.4. The van der Waals surface area contributed by atoms with Gasteiger partial charge in [-0.2, -0.15) is 4.99 Å². The van der Waals surface area contributed by atoms with Gasteiger partial charge in [-0.25, -0.2) is 4.79 Å². The fourth-order valence-electron chi connectivity index (χ4n) is 5.50. The Morgan fingerprint density at radius 3 is 2.40 bits per heavy atom. The quantitative estimate of drug-likeness (QED) is 0.0806. The van der Waals surface area contributed by atoms with Crippen molar-refractivity contribution in [2.75, 3.05) is 25.5 Å². The van der Waals surface area contributed by atoms with Crippen molar-refractivity contribution >= 4 is 73.3 Å². The number of anilines is 1. The zero-order valence-electron chi connectivity index (χ0n) is 24.5. The zero-order valence-corrected chi connectivity index (χ0v) is 25.3. The normalized spacial score (nSPS) is 11.0. The van der Waals surface area contributed by atoms with Crippen molar-refractivity contribution in [1.29, 1.82) is 0 Å². The summed E-state index contributed by atoms with van der Waals surface area (Å²) in [5, 5.41) is 18.4. The summed E-state index contributed by atoms with van der Waals surface area (Å²) in [6, 6.07) is 26.4. The Labute approximate surface area is 263 Å². The van der Waals surface area contributed by atoms with E-state index in [-0.39, 0.29) is 22.5 Å². The molecule has 8 nitrogen and oxygen atoms in total. The molecule has 0 unspecified atom stereocenters. The molecule has 5 aromatic carbocycles. The van der Waals surface area contributed by atoms with Crippen LogP contribution in [0.5, 0.6) is 0 Å². The Morgan fingerprint density at radius 2 is 1.67 bits per heavy atom. The second-order valence-electron chi connectivity index (χ2n) is 10.8.